The van der Waals surface area contributed by atoms with Crippen LogP contribution in [0.15, 0.2) is 24.3 Å². The quantitative estimate of drug-likeness (QED) is 0.827. The van der Waals surface area contributed by atoms with Crippen molar-refractivity contribution >= 4 is 0 Å². The van der Waals surface area contributed by atoms with E-state index in [-0.39, 0.29) is 0 Å². The lowest BCUT2D eigenvalue weighted by Gasteiger charge is -2.29. The highest BCUT2D eigenvalue weighted by Crippen LogP contribution is 2.20. The van der Waals surface area contributed by atoms with Gasteiger partial charge in [0.1, 0.15) is 18.5 Å². The van der Waals surface area contributed by atoms with E-state index in [0.717, 1.165) is 31.9 Å². The summed E-state index contributed by atoms with van der Waals surface area (Å²) >= 11 is 0. The summed E-state index contributed by atoms with van der Waals surface area (Å²) in [5, 5.41) is 13.4. The van der Waals surface area contributed by atoms with Gasteiger partial charge >= 0.3 is 0 Å². The third-order valence-electron chi connectivity index (χ3n) is 3.65. The van der Waals surface area contributed by atoms with Crippen LogP contribution >= 0.6 is 0 Å². The maximum Gasteiger partial charge on any atom is 0.119 e. The number of aliphatic hydroxyl groups is 1. The first-order valence-corrected chi connectivity index (χ1v) is 7.49. The van der Waals surface area contributed by atoms with Crippen LogP contribution in [0.5, 0.6) is 5.75 Å². The third-order valence-corrected chi connectivity index (χ3v) is 3.65. The predicted molar refractivity (Wildman–Crippen MR) is 81.3 cm³/mol. The van der Waals surface area contributed by atoms with Crippen molar-refractivity contribution in [1.82, 2.24) is 10.2 Å². The van der Waals surface area contributed by atoms with Gasteiger partial charge in [0.05, 0.1) is 0 Å². The zero-order chi connectivity index (χ0) is 14.4. The number of piperazine rings is 1. The maximum absolute atomic E-state index is 10.1. The minimum absolute atomic E-state index is 0.353. The molecule has 1 saturated heterocycles. The van der Waals surface area contributed by atoms with Crippen molar-refractivity contribution < 1.29 is 9.84 Å². The molecule has 1 aliphatic rings. The molecule has 0 aliphatic carbocycles. The van der Waals surface area contributed by atoms with Gasteiger partial charge in [-0.15, -0.1) is 0 Å². The number of ether oxygens (including phenoxy) is 1. The van der Waals surface area contributed by atoms with E-state index < -0.39 is 6.10 Å². The van der Waals surface area contributed by atoms with Gasteiger partial charge in [0.15, 0.2) is 0 Å². The summed E-state index contributed by atoms with van der Waals surface area (Å²) < 4.78 is 5.71. The second-order valence-corrected chi connectivity index (χ2v) is 5.74. The predicted octanol–water partition coefficient (Wildman–Crippen LogP) is 1.45. The zero-order valence-electron chi connectivity index (χ0n) is 12.5. The Balaban J connectivity index is 1.77. The first-order valence-electron chi connectivity index (χ1n) is 7.49. The number of benzene rings is 1. The number of nitrogens with one attached hydrogen (secondary N) is 1. The van der Waals surface area contributed by atoms with E-state index in [9.17, 15) is 5.11 Å². The van der Waals surface area contributed by atoms with Crippen LogP contribution in [-0.4, -0.2) is 55.4 Å². The van der Waals surface area contributed by atoms with E-state index in [1.165, 1.54) is 5.56 Å². The Morgan fingerprint density at radius 1 is 1.30 bits per heavy atom. The topological polar surface area (TPSA) is 44.7 Å². The van der Waals surface area contributed by atoms with Crippen LogP contribution in [0, 0.1) is 0 Å². The number of nitrogens with zero attached hydrogens (tertiary/aromatic N) is 1. The summed E-state index contributed by atoms with van der Waals surface area (Å²) in [7, 11) is 0. The fraction of sp³-hybridized carbons (Fsp3) is 0.625. The molecule has 0 aromatic heterocycles. The summed E-state index contributed by atoms with van der Waals surface area (Å²) in [5.74, 6) is 1.33. The van der Waals surface area contributed by atoms with Gasteiger partial charge in [-0.1, -0.05) is 26.0 Å². The number of hydrogen-bond acceptors (Lipinski definition) is 4. The van der Waals surface area contributed by atoms with Crippen LogP contribution in [0.2, 0.25) is 0 Å². The molecular formula is C16H26N2O2. The Morgan fingerprint density at radius 3 is 2.75 bits per heavy atom. The summed E-state index contributed by atoms with van der Waals surface area (Å²) in [6.45, 7) is 9.38. The van der Waals surface area contributed by atoms with E-state index >= 15 is 0 Å². The highest BCUT2D eigenvalue weighted by molar-refractivity contribution is 5.30. The molecule has 1 aromatic rings. The molecule has 1 heterocycles. The lowest BCUT2D eigenvalue weighted by molar-refractivity contribution is 0.0641. The van der Waals surface area contributed by atoms with Gasteiger partial charge in [0, 0.05) is 32.7 Å². The minimum Gasteiger partial charge on any atom is -0.491 e. The van der Waals surface area contributed by atoms with Gasteiger partial charge in [-0.3, -0.25) is 4.90 Å². The fourth-order valence-electron chi connectivity index (χ4n) is 2.40. The molecule has 20 heavy (non-hydrogen) atoms. The molecule has 4 heteroatoms. The van der Waals surface area contributed by atoms with Crippen LogP contribution in [0.1, 0.15) is 25.3 Å². The molecule has 4 nitrogen and oxygen atoms in total. The largest absolute Gasteiger partial charge is 0.491 e. The van der Waals surface area contributed by atoms with Gasteiger partial charge in [0.2, 0.25) is 0 Å². The molecule has 0 bridgehead atoms. The van der Waals surface area contributed by atoms with Crippen molar-refractivity contribution in [3.63, 3.8) is 0 Å². The molecule has 1 fully saturated rings. The Labute approximate surface area is 121 Å². The molecule has 1 atom stereocenters. The average molecular weight is 278 g/mol. The Hall–Kier alpha value is -1.10. The van der Waals surface area contributed by atoms with Crippen molar-refractivity contribution in [2.24, 2.45) is 0 Å². The van der Waals surface area contributed by atoms with Crippen molar-refractivity contribution in [1.29, 1.82) is 0 Å². The van der Waals surface area contributed by atoms with Crippen molar-refractivity contribution in [2.45, 2.75) is 25.9 Å². The molecule has 0 spiro atoms. The molecule has 2 N–H and O–H groups in total. The van der Waals surface area contributed by atoms with Crippen LogP contribution in [0.4, 0.5) is 0 Å². The Kier molecular flexibility index (Phi) is 5.83. The van der Waals surface area contributed by atoms with Crippen molar-refractivity contribution in [3.8, 4) is 5.75 Å². The molecule has 2 rings (SSSR count). The van der Waals surface area contributed by atoms with Gasteiger partial charge in [-0.05, 0) is 23.6 Å². The minimum atomic E-state index is -0.434. The molecule has 1 aromatic carbocycles. The van der Waals surface area contributed by atoms with Crippen molar-refractivity contribution in [3.05, 3.63) is 29.8 Å². The summed E-state index contributed by atoms with van der Waals surface area (Å²) in [6.07, 6.45) is -0.434. The molecule has 0 saturated carbocycles. The second kappa shape index (κ2) is 7.62. The van der Waals surface area contributed by atoms with Gasteiger partial charge < -0.3 is 15.2 Å². The van der Waals surface area contributed by atoms with Crippen molar-refractivity contribution in [2.75, 3.05) is 39.3 Å². The molecule has 112 valence electrons. The first-order chi connectivity index (χ1) is 9.65. The highest BCUT2D eigenvalue weighted by Gasteiger charge is 2.14. The lowest BCUT2D eigenvalue weighted by Crippen LogP contribution is -2.47. The van der Waals surface area contributed by atoms with Crippen LogP contribution < -0.4 is 10.1 Å². The van der Waals surface area contributed by atoms with Crippen LogP contribution in [-0.2, 0) is 0 Å². The molecule has 0 radical (unpaired) electrons. The van der Waals surface area contributed by atoms with E-state index in [1.807, 2.05) is 12.1 Å². The van der Waals surface area contributed by atoms with Gasteiger partial charge in [-0.25, -0.2) is 0 Å². The Morgan fingerprint density at radius 2 is 2.05 bits per heavy atom. The standard InChI is InChI=1S/C16H26N2O2/c1-13(2)14-4-3-5-16(10-14)20-12-15(19)11-18-8-6-17-7-9-18/h3-5,10,13,15,17,19H,6-9,11-12H2,1-2H3. The normalized spacial score (nSPS) is 18.2. The number of aliphatic hydroxyl groups excluding tert-OH is 1. The number of rotatable bonds is 6. The highest BCUT2D eigenvalue weighted by atomic mass is 16.5. The van der Waals surface area contributed by atoms with Gasteiger partial charge in [0.25, 0.3) is 0 Å². The van der Waals surface area contributed by atoms with Crippen LogP contribution in [0.3, 0.4) is 0 Å². The summed E-state index contributed by atoms with van der Waals surface area (Å²) in [6, 6.07) is 8.12. The SMILES string of the molecule is CC(C)c1cccc(OCC(O)CN2CCNCC2)c1. The lowest BCUT2D eigenvalue weighted by atomic mass is 10.0. The molecule has 1 aliphatic heterocycles. The summed E-state index contributed by atoms with van der Waals surface area (Å²) in [4.78, 5) is 2.27. The van der Waals surface area contributed by atoms with Crippen LogP contribution in [0.25, 0.3) is 0 Å². The van der Waals surface area contributed by atoms with Gasteiger partial charge in [-0.2, -0.15) is 0 Å². The molecule has 1 unspecified atom stereocenters. The number of hydrogen-bond donors (Lipinski definition) is 2. The third kappa shape index (κ3) is 4.78. The monoisotopic (exact) mass is 278 g/mol. The zero-order valence-corrected chi connectivity index (χ0v) is 12.5. The molecular weight excluding hydrogens is 252 g/mol. The van der Waals surface area contributed by atoms with E-state index in [2.05, 4.69) is 36.2 Å². The second-order valence-electron chi connectivity index (χ2n) is 5.74. The maximum atomic E-state index is 10.1. The summed E-state index contributed by atoms with van der Waals surface area (Å²) in [5.41, 5.74) is 1.26. The fourth-order valence-corrected chi connectivity index (χ4v) is 2.40. The first kappa shape index (κ1) is 15.3. The smallest absolute Gasteiger partial charge is 0.119 e. The van der Waals surface area contributed by atoms with E-state index in [1.54, 1.807) is 0 Å². The average Bonchev–Trinajstić information content (AvgIpc) is 2.46. The number of β-amino-alcohol motifs (C(OH)–C–C–N with tert-alkyl or cyclic N) is 1. The van der Waals surface area contributed by atoms with E-state index in [4.69, 9.17) is 4.74 Å². The molecule has 0 amide bonds. The Bertz CT molecular complexity index is 403. The van der Waals surface area contributed by atoms with E-state index in [0.29, 0.717) is 19.1 Å².